The number of hydrogen-bond donors (Lipinski definition) is 0. The van der Waals surface area contributed by atoms with Gasteiger partial charge in [0.05, 0.1) is 7.11 Å². The second-order valence-electron chi connectivity index (χ2n) is 6.45. The number of amides is 1. The molecule has 0 unspecified atom stereocenters. The van der Waals surface area contributed by atoms with E-state index in [-0.39, 0.29) is 6.09 Å². The lowest BCUT2D eigenvalue weighted by Gasteiger charge is -2.37. The molecule has 0 radical (unpaired) electrons. The number of methoxy groups -OCH3 is 1. The smallest absolute Gasteiger partial charge is 0.410 e. The molecule has 7 nitrogen and oxygen atoms in total. The summed E-state index contributed by atoms with van der Waals surface area (Å²) in [6, 6.07) is 0. The summed E-state index contributed by atoms with van der Waals surface area (Å²) in [4.78, 5) is 30.6. The van der Waals surface area contributed by atoms with Crippen molar-refractivity contribution in [2.24, 2.45) is 5.16 Å². The topological polar surface area (TPSA) is 77.4 Å². The Hall–Kier alpha value is -1.79. The van der Waals surface area contributed by atoms with Gasteiger partial charge in [-0.1, -0.05) is 5.16 Å². The third-order valence-corrected chi connectivity index (χ3v) is 3.59. The molecule has 0 aromatic carbocycles. The highest BCUT2D eigenvalue weighted by molar-refractivity contribution is 6.36. The fraction of sp³-hybridized carbons (Fsp3) is 0.786. The fourth-order valence-corrected chi connectivity index (χ4v) is 2.44. The maximum Gasteiger partial charge on any atom is 0.410 e. The summed E-state index contributed by atoms with van der Waals surface area (Å²) in [5.74, 6) is -0.457. The molecule has 1 amide bonds. The van der Waals surface area contributed by atoms with Crippen LogP contribution in [0.2, 0.25) is 0 Å². The van der Waals surface area contributed by atoms with Crippen molar-refractivity contribution in [1.29, 1.82) is 0 Å². The molecular formula is C14H22N2O5. The fourth-order valence-electron chi connectivity index (χ4n) is 2.44. The first kappa shape index (κ1) is 15.6. The van der Waals surface area contributed by atoms with Crippen LogP contribution in [0.4, 0.5) is 4.79 Å². The molecule has 7 heteroatoms. The third kappa shape index (κ3) is 3.65. The number of rotatable bonds is 1. The van der Waals surface area contributed by atoms with Gasteiger partial charge in [-0.15, -0.1) is 0 Å². The van der Waals surface area contributed by atoms with Gasteiger partial charge in [-0.2, -0.15) is 0 Å². The largest absolute Gasteiger partial charge is 0.464 e. The van der Waals surface area contributed by atoms with Gasteiger partial charge in [0.1, 0.15) is 11.2 Å². The Morgan fingerprint density at radius 1 is 1.29 bits per heavy atom. The molecule has 0 aromatic rings. The zero-order valence-corrected chi connectivity index (χ0v) is 13.0. The molecular weight excluding hydrogens is 276 g/mol. The van der Waals surface area contributed by atoms with Gasteiger partial charge in [-0.3, -0.25) is 0 Å². The first-order chi connectivity index (χ1) is 9.75. The number of nitrogens with zero attached hydrogens (tertiary/aromatic N) is 2. The summed E-state index contributed by atoms with van der Waals surface area (Å²) in [7, 11) is 1.32. The van der Waals surface area contributed by atoms with Crippen LogP contribution < -0.4 is 0 Å². The maximum absolute atomic E-state index is 12.0. The van der Waals surface area contributed by atoms with Crippen molar-refractivity contribution >= 4 is 17.8 Å². The van der Waals surface area contributed by atoms with Crippen molar-refractivity contribution in [2.45, 2.75) is 51.2 Å². The van der Waals surface area contributed by atoms with Crippen LogP contribution in [0.1, 0.15) is 40.0 Å². The Morgan fingerprint density at radius 2 is 1.90 bits per heavy atom. The average Bonchev–Trinajstić information content (AvgIpc) is 2.81. The molecule has 2 heterocycles. The minimum atomic E-state index is -0.503. The lowest BCUT2D eigenvalue weighted by Crippen LogP contribution is -2.48. The summed E-state index contributed by atoms with van der Waals surface area (Å²) in [5.41, 5.74) is -0.678. The molecule has 118 valence electrons. The molecule has 21 heavy (non-hydrogen) atoms. The predicted molar refractivity (Wildman–Crippen MR) is 74.9 cm³/mol. The van der Waals surface area contributed by atoms with E-state index >= 15 is 0 Å². The molecule has 1 spiro atoms. The van der Waals surface area contributed by atoms with E-state index in [0.29, 0.717) is 38.1 Å². The monoisotopic (exact) mass is 298 g/mol. The van der Waals surface area contributed by atoms with Crippen LogP contribution in [-0.2, 0) is 19.1 Å². The average molecular weight is 298 g/mol. The molecule has 1 fully saturated rings. The van der Waals surface area contributed by atoms with Gasteiger partial charge in [-0.25, -0.2) is 9.59 Å². The third-order valence-electron chi connectivity index (χ3n) is 3.59. The molecule has 0 atom stereocenters. The second kappa shape index (κ2) is 5.54. The van der Waals surface area contributed by atoms with E-state index in [0.717, 1.165) is 0 Å². The maximum atomic E-state index is 12.0. The molecule has 0 aromatic heterocycles. The highest BCUT2D eigenvalue weighted by atomic mass is 16.7. The van der Waals surface area contributed by atoms with Gasteiger partial charge in [0.25, 0.3) is 0 Å². The zero-order chi connectivity index (χ0) is 15.7. The van der Waals surface area contributed by atoms with Crippen molar-refractivity contribution in [2.75, 3.05) is 20.2 Å². The van der Waals surface area contributed by atoms with Crippen molar-refractivity contribution < 1.29 is 23.9 Å². The Balaban J connectivity index is 1.87. The minimum Gasteiger partial charge on any atom is -0.464 e. The van der Waals surface area contributed by atoms with Crippen LogP contribution in [0.15, 0.2) is 5.16 Å². The van der Waals surface area contributed by atoms with Crippen molar-refractivity contribution in [1.82, 2.24) is 4.90 Å². The molecule has 0 aliphatic carbocycles. The Bertz CT molecular complexity index is 458. The van der Waals surface area contributed by atoms with Crippen molar-refractivity contribution in [3.05, 3.63) is 0 Å². The minimum absolute atomic E-state index is 0.309. The quantitative estimate of drug-likeness (QED) is 0.689. The zero-order valence-electron chi connectivity index (χ0n) is 13.0. The van der Waals surface area contributed by atoms with Gasteiger partial charge in [-0.05, 0) is 20.8 Å². The number of hydrogen-bond acceptors (Lipinski definition) is 6. The second-order valence-corrected chi connectivity index (χ2v) is 6.45. The summed E-state index contributed by atoms with van der Waals surface area (Å²) in [6.07, 6.45) is 1.36. The molecule has 0 N–H and O–H groups in total. The molecule has 2 aliphatic heterocycles. The van der Waals surface area contributed by atoms with Gasteiger partial charge in [0.2, 0.25) is 0 Å². The van der Waals surface area contributed by atoms with Crippen molar-refractivity contribution in [3.8, 4) is 0 Å². The number of oxime groups is 1. The molecule has 1 saturated heterocycles. The highest BCUT2D eigenvalue weighted by Gasteiger charge is 2.45. The number of likely N-dealkylation sites (tertiary alicyclic amines) is 1. The molecule has 2 aliphatic rings. The number of esters is 1. The lowest BCUT2D eigenvalue weighted by atomic mass is 9.87. The summed E-state index contributed by atoms with van der Waals surface area (Å²) < 4.78 is 10.00. The van der Waals surface area contributed by atoms with Crippen LogP contribution in [-0.4, -0.2) is 54.1 Å². The number of carbonyl (C=O) groups excluding carboxylic acids is 2. The van der Waals surface area contributed by atoms with E-state index in [1.807, 2.05) is 20.8 Å². The molecule has 2 rings (SSSR count). The van der Waals surface area contributed by atoms with E-state index in [1.165, 1.54) is 7.11 Å². The lowest BCUT2D eigenvalue weighted by molar-refractivity contribution is -0.132. The van der Waals surface area contributed by atoms with Crippen LogP contribution in [0.5, 0.6) is 0 Å². The Kier molecular flexibility index (Phi) is 4.11. The number of ether oxygens (including phenoxy) is 2. The summed E-state index contributed by atoms with van der Waals surface area (Å²) in [5, 5.41) is 3.82. The van der Waals surface area contributed by atoms with Gasteiger partial charge < -0.3 is 19.2 Å². The van der Waals surface area contributed by atoms with E-state index in [1.54, 1.807) is 4.90 Å². The SMILES string of the molecule is COC(=O)C1=NOC2(CCN(C(=O)OC(C)(C)C)CC2)C1. The van der Waals surface area contributed by atoms with Gasteiger partial charge in [0, 0.05) is 32.4 Å². The van der Waals surface area contributed by atoms with Crippen LogP contribution in [0.3, 0.4) is 0 Å². The Morgan fingerprint density at radius 3 is 2.43 bits per heavy atom. The summed E-state index contributed by atoms with van der Waals surface area (Å²) in [6.45, 7) is 6.57. The van der Waals surface area contributed by atoms with E-state index in [2.05, 4.69) is 9.89 Å². The van der Waals surface area contributed by atoms with Crippen LogP contribution in [0, 0.1) is 0 Å². The van der Waals surface area contributed by atoms with Crippen molar-refractivity contribution in [3.63, 3.8) is 0 Å². The standard InChI is InChI=1S/C14H22N2O5/c1-13(2,3)20-12(18)16-7-5-14(6-8-16)9-10(15-21-14)11(17)19-4/h5-9H2,1-4H3. The number of piperidine rings is 1. The molecule has 0 bridgehead atoms. The van der Waals surface area contributed by atoms with Gasteiger partial charge in [0.15, 0.2) is 5.71 Å². The first-order valence-electron chi connectivity index (χ1n) is 7.06. The van der Waals surface area contributed by atoms with Crippen LogP contribution in [0.25, 0.3) is 0 Å². The summed E-state index contributed by atoms with van der Waals surface area (Å²) >= 11 is 0. The van der Waals surface area contributed by atoms with E-state index in [9.17, 15) is 9.59 Å². The Labute approximate surface area is 124 Å². The highest BCUT2D eigenvalue weighted by Crippen LogP contribution is 2.35. The van der Waals surface area contributed by atoms with Crippen LogP contribution >= 0.6 is 0 Å². The number of carbonyl (C=O) groups is 2. The van der Waals surface area contributed by atoms with E-state index < -0.39 is 17.2 Å². The molecule has 0 saturated carbocycles. The first-order valence-corrected chi connectivity index (χ1v) is 7.06. The van der Waals surface area contributed by atoms with E-state index in [4.69, 9.17) is 9.57 Å². The van der Waals surface area contributed by atoms with Gasteiger partial charge >= 0.3 is 12.1 Å². The predicted octanol–water partition coefficient (Wildman–Crippen LogP) is 1.71. The normalized spacial score (nSPS) is 20.8.